The van der Waals surface area contributed by atoms with E-state index in [-0.39, 0.29) is 6.61 Å². The summed E-state index contributed by atoms with van der Waals surface area (Å²) in [7, 11) is 4.11. The molecule has 0 amide bonds. The predicted molar refractivity (Wildman–Crippen MR) is 91.4 cm³/mol. The van der Waals surface area contributed by atoms with Crippen molar-refractivity contribution in [1.29, 1.82) is 0 Å². The van der Waals surface area contributed by atoms with Gasteiger partial charge in [0.2, 0.25) is 0 Å². The Morgan fingerprint density at radius 3 is 2.32 bits per heavy atom. The molecular weight excluding hydrogens is 345 g/mol. The third kappa shape index (κ3) is 5.10. The Labute approximate surface area is 145 Å². The van der Waals surface area contributed by atoms with Crippen molar-refractivity contribution in [3.8, 4) is 5.75 Å². The van der Waals surface area contributed by atoms with Gasteiger partial charge < -0.3 is 14.1 Å². The second-order valence-electron chi connectivity index (χ2n) is 5.26. The summed E-state index contributed by atoms with van der Waals surface area (Å²) >= 11 is 18.0. The highest BCUT2D eigenvalue weighted by Gasteiger charge is 2.11. The molecule has 2 rings (SSSR count). The molecule has 0 unspecified atom stereocenters. The van der Waals surface area contributed by atoms with Gasteiger partial charge in [-0.05, 0) is 51.3 Å². The molecule has 3 nitrogen and oxygen atoms in total. The van der Waals surface area contributed by atoms with Crippen LogP contribution >= 0.6 is 34.8 Å². The number of hydrogen-bond acceptors (Lipinski definition) is 3. The fraction of sp³-hybridized carbons (Fsp3) is 0.375. The molecule has 0 atom stereocenters. The molecule has 1 aromatic heterocycles. The van der Waals surface area contributed by atoms with E-state index in [1.54, 1.807) is 12.1 Å². The predicted octanol–water partition coefficient (Wildman–Crippen LogP) is 5.31. The van der Waals surface area contributed by atoms with Crippen molar-refractivity contribution in [3.63, 3.8) is 0 Å². The lowest BCUT2D eigenvalue weighted by atomic mass is 10.2. The van der Waals surface area contributed by atoms with Crippen LogP contribution in [0.3, 0.4) is 0 Å². The topological polar surface area (TPSA) is 25.6 Å². The SMILES string of the molecule is CN(C)CCCc1ccc(COc2c(Cl)cc(Cl)cc2Cl)o1. The van der Waals surface area contributed by atoms with Gasteiger partial charge in [0, 0.05) is 11.4 Å². The summed E-state index contributed by atoms with van der Waals surface area (Å²) < 4.78 is 11.4. The lowest BCUT2D eigenvalue weighted by molar-refractivity contribution is 0.265. The number of rotatable bonds is 7. The molecule has 0 fully saturated rings. The van der Waals surface area contributed by atoms with Gasteiger partial charge in [0.1, 0.15) is 18.1 Å². The van der Waals surface area contributed by atoms with Gasteiger partial charge >= 0.3 is 0 Å². The number of halogens is 3. The first-order chi connectivity index (χ1) is 10.5. The number of hydrogen-bond donors (Lipinski definition) is 0. The van der Waals surface area contributed by atoms with E-state index in [4.69, 9.17) is 44.0 Å². The molecule has 0 spiro atoms. The Morgan fingerprint density at radius 1 is 1.05 bits per heavy atom. The second kappa shape index (κ2) is 8.11. The Bertz CT molecular complexity index is 603. The summed E-state index contributed by atoms with van der Waals surface area (Å²) in [6.45, 7) is 1.30. The number of ether oxygens (including phenoxy) is 1. The van der Waals surface area contributed by atoms with Gasteiger partial charge in [-0.1, -0.05) is 34.8 Å². The number of benzene rings is 1. The maximum atomic E-state index is 6.08. The van der Waals surface area contributed by atoms with Crippen LogP contribution in [0.1, 0.15) is 17.9 Å². The molecule has 120 valence electrons. The molecular formula is C16H18Cl3NO2. The molecule has 2 aromatic rings. The van der Waals surface area contributed by atoms with Gasteiger partial charge in [-0.2, -0.15) is 0 Å². The van der Waals surface area contributed by atoms with Crippen molar-refractivity contribution in [3.05, 3.63) is 50.9 Å². The Balaban J connectivity index is 1.91. The summed E-state index contributed by atoms with van der Waals surface area (Å²) in [5.41, 5.74) is 0. The van der Waals surface area contributed by atoms with Crippen LogP contribution < -0.4 is 4.74 Å². The van der Waals surface area contributed by atoms with Crippen LogP contribution in [0.5, 0.6) is 5.75 Å². The second-order valence-corrected chi connectivity index (χ2v) is 6.51. The summed E-state index contributed by atoms with van der Waals surface area (Å²) in [5, 5.41) is 1.24. The monoisotopic (exact) mass is 361 g/mol. The Morgan fingerprint density at radius 2 is 1.68 bits per heavy atom. The average Bonchev–Trinajstić information content (AvgIpc) is 2.85. The summed E-state index contributed by atoms with van der Waals surface area (Å²) in [6.07, 6.45) is 1.95. The lowest BCUT2D eigenvalue weighted by Crippen LogP contribution is -2.13. The first-order valence-electron chi connectivity index (χ1n) is 6.95. The van der Waals surface area contributed by atoms with E-state index in [9.17, 15) is 0 Å². The van der Waals surface area contributed by atoms with Crippen LogP contribution in [-0.2, 0) is 13.0 Å². The quantitative estimate of drug-likeness (QED) is 0.667. The molecule has 22 heavy (non-hydrogen) atoms. The van der Waals surface area contributed by atoms with Gasteiger partial charge in [-0.15, -0.1) is 0 Å². The summed E-state index contributed by atoms with van der Waals surface area (Å²) in [5.74, 6) is 2.11. The molecule has 0 aliphatic carbocycles. The minimum Gasteiger partial charge on any atom is -0.483 e. The fourth-order valence-corrected chi connectivity index (χ4v) is 2.94. The van der Waals surface area contributed by atoms with E-state index >= 15 is 0 Å². The molecule has 0 N–H and O–H groups in total. The number of aryl methyl sites for hydroxylation is 1. The highest BCUT2D eigenvalue weighted by atomic mass is 35.5. The van der Waals surface area contributed by atoms with Gasteiger partial charge in [0.05, 0.1) is 10.0 Å². The molecule has 1 aromatic carbocycles. The van der Waals surface area contributed by atoms with Crippen LogP contribution in [0.2, 0.25) is 15.1 Å². The largest absolute Gasteiger partial charge is 0.483 e. The van der Waals surface area contributed by atoms with Crippen LogP contribution in [-0.4, -0.2) is 25.5 Å². The minimum atomic E-state index is 0.273. The van der Waals surface area contributed by atoms with Crippen molar-refractivity contribution in [2.24, 2.45) is 0 Å². The zero-order valence-electron chi connectivity index (χ0n) is 12.5. The van der Waals surface area contributed by atoms with Crippen molar-refractivity contribution < 1.29 is 9.15 Å². The minimum absolute atomic E-state index is 0.273. The van der Waals surface area contributed by atoms with Crippen LogP contribution in [0.4, 0.5) is 0 Å². The number of furan rings is 1. The maximum Gasteiger partial charge on any atom is 0.157 e. The van der Waals surface area contributed by atoms with Crippen LogP contribution in [0.15, 0.2) is 28.7 Å². The van der Waals surface area contributed by atoms with Gasteiger partial charge in [-0.3, -0.25) is 0 Å². The molecule has 0 saturated carbocycles. The average molecular weight is 363 g/mol. The first kappa shape index (κ1) is 17.5. The van der Waals surface area contributed by atoms with E-state index in [0.717, 1.165) is 30.9 Å². The molecule has 0 saturated heterocycles. The summed E-state index contributed by atoms with van der Waals surface area (Å²) in [4.78, 5) is 2.15. The smallest absolute Gasteiger partial charge is 0.157 e. The van der Waals surface area contributed by atoms with Crippen molar-refractivity contribution in [2.45, 2.75) is 19.4 Å². The fourth-order valence-electron chi connectivity index (χ4n) is 2.01. The van der Waals surface area contributed by atoms with Crippen molar-refractivity contribution >= 4 is 34.8 Å². The summed E-state index contributed by atoms with van der Waals surface area (Å²) in [6, 6.07) is 7.07. The standard InChI is InChI=1S/C16H18Cl3NO2/c1-20(2)7-3-4-12-5-6-13(22-12)10-21-16-14(18)8-11(17)9-15(16)19/h5-6,8-9H,3-4,7,10H2,1-2H3. The molecule has 0 aliphatic rings. The van der Waals surface area contributed by atoms with E-state index in [1.165, 1.54) is 0 Å². The van der Waals surface area contributed by atoms with Crippen molar-refractivity contribution in [1.82, 2.24) is 4.90 Å². The van der Waals surface area contributed by atoms with Crippen LogP contribution in [0, 0.1) is 0 Å². The number of nitrogens with zero attached hydrogens (tertiary/aromatic N) is 1. The Kier molecular flexibility index (Phi) is 6.45. The zero-order valence-corrected chi connectivity index (χ0v) is 14.8. The third-order valence-corrected chi connectivity index (χ3v) is 3.85. The Hall–Kier alpha value is -0.870. The molecule has 1 heterocycles. The van der Waals surface area contributed by atoms with Crippen LogP contribution in [0.25, 0.3) is 0 Å². The van der Waals surface area contributed by atoms with Gasteiger partial charge in [0.25, 0.3) is 0 Å². The highest BCUT2D eigenvalue weighted by Crippen LogP contribution is 2.36. The third-order valence-electron chi connectivity index (χ3n) is 3.07. The van der Waals surface area contributed by atoms with E-state index < -0.39 is 0 Å². The lowest BCUT2D eigenvalue weighted by Gasteiger charge is -2.09. The van der Waals surface area contributed by atoms with Crippen molar-refractivity contribution in [2.75, 3.05) is 20.6 Å². The van der Waals surface area contributed by atoms with E-state index in [1.807, 2.05) is 12.1 Å². The van der Waals surface area contributed by atoms with Gasteiger partial charge in [0.15, 0.2) is 5.75 Å². The zero-order chi connectivity index (χ0) is 16.1. The molecule has 0 aliphatic heterocycles. The molecule has 0 bridgehead atoms. The first-order valence-corrected chi connectivity index (χ1v) is 8.09. The van der Waals surface area contributed by atoms with E-state index in [0.29, 0.717) is 20.8 Å². The van der Waals surface area contributed by atoms with E-state index in [2.05, 4.69) is 19.0 Å². The molecule has 0 radical (unpaired) electrons. The normalized spacial score (nSPS) is 11.2. The highest BCUT2D eigenvalue weighted by molar-refractivity contribution is 6.40. The maximum absolute atomic E-state index is 6.08. The van der Waals surface area contributed by atoms with Gasteiger partial charge in [-0.25, -0.2) is 0 Å². The molecule has 6 heteroatoms.